The lowest BCUT2D eigenvalue weighted by Crippen LogP contribution is -2.34. The summed E-state index contributed by atoms with van der Waals surface area (Å²) in [6, 6.07) is 1.52. The largest absolute Gasteiger partial charge is 0.397 e. The maximum absolute atomic E-state index is 16.0. The Labute approximate surface area is 259 Å². The van der Waals surface area contributed by atoms with Gasteiger partial charge in [-0.05, 0) is 29.7 Å². The molecule has 0 radical (unpaired) electrons. The molecule has 3 aliphatic rings. The van der Waals surface area contributed by atoms with Gasteiger partial charge in [-0.2, -0.15) is 9.67 Å². The number of H-pyrrole nitrogens is 1. The van der Waals surface area contributed by atoms with Gasteiger partial charge in [-0.25, -0.2) is 18.7 Å². The molecule has 25 heteroatoms. The van der Waals surface area contributed by atoms with Crippen LogP contribution in [0.2, 0.25) is 0 Å². The third kappa shape index (κ3) is 5.55. The highest BCUT2D eigenvalue weighted by atomic mass is 32.5. The lowest BCUT2D eigenvalue weighted by molar-refractivity contribution is -0.0639. The molecule has 0 spiro atoms. The summed E-state index contributed by atoms with van der Waals surface area (Å²) in [7, 11) is 0. The second kappa shape index (κ2) is 11.2. The van der Waals surface area contributed by atoms with Crippen molar-refractivity contribution in [2.45, 2.75) is 49.2 Å². The number of aromatic amines is 1. The highest BCUT2D eigenvalue weighted by Crippen LogP contribution is 2.54. The number of ether oxygens (including phenoxy) is 2. The van der Waals surface area contributed by atoms with E-state index in [9.17, 15) is 14.6 Å². The average molecular weight is 711 g/mol. The van der Waals surface area contributed by atoms with Gasteiger partial charge in [0, 0.05) is 6.20 Å². The molecule has 4 aromatic heterocycles. The van der Waals surface area contributed by atoms with Crippen LogP contribution >= 0.6 is 13.4 Å². The fourth-order valence-electron chi connectivity index (χ4n) is 5.19. The molecular formula is C20H22F2N10O9P2S2. The number of halogens is 2. The number of imidazole rings is 1. The molecule has 19 nitrogen and oxygen atoms in total. The number of anilines is 2. The fourth-order valence-corrected chi connectivity index (χ4v) is 8.03. The molecule has 45 heavy (non-hydrogen) atoms. The van der Waals surface area contributed by atoms with Crippen molar-refractivity contribution in [1.82, 2.24) is 39.5 Å². The zero-order valence-electron chi connectivity index (χ0n) is 22.3. The number of nitrogen functional groups attached to an aromatic ring is 2. The molecule has 10 atom stereocenters. The Bertz CT molecular complexity index is 1950. The van der Waals surface area contributed by atoms with Crippen LogP contribution < -0.4 is 17.0 Å². The van der Waals surface area contributed by atoms with Gasteiger partial charge in [0.2, 0.25) is 5.95 Å². The number of nitrogens with two attached hydrogens (primary N) is 2. The molecule has 7 N–H and O–H groups in total. The Balaban J connectivity index is 1.21. The van der Waals surface area contributed by atoms with E-state index in [4.69, 9.17) is 62.6 Å². The number of hydrogen-bond donors (Lipinski definition) is 5. The van der Waals surface area contributed by atoms with Crippen LogP contribution in [0.25, 0.3) is 22.3 Å². The summed E-state index contributed by atoms with van der Waals surface area (Å²) < 4.78 is 67.6. The maximum Gasteiger partial charge on any atom is 0.325 e. The Hall–Kier alpha value is -2.66. The van der Waals surface area contributed by atoms with Crippen molar-refractivity contribution in [2.75, 3.05) is 24.7 Å². The molecule has 7 heterocycles. The summed E-state index contributed by atoms with van der Waals surface area (Å²) in [6.07, 6.45) is -10.7. The number of fused-ring (bicyclic) bond motifs is 5. The van der Waals surface area contributed by atoms with Crippen LogP contribution in [0.3, 0.4) is 0 Å². The topological polar surface area (TPSA) is 255 Å². The Kier molecular flexibility index (Phi) is 7.74. The van der Waals surface area contributed by atoms with Crippen molar-refractivity contribution in [3.63, 3.8) is 0 Å². The molecule has 0 amide bonds. The monoisotopic (exact) mass is 710 g/mol. The lowest BCUT2D eigenvalue weighted by atomic mass is 10.1. The van der Waals surface area contributed by atoms with Crippen LogP contribution in [0.15, 0.2) is 23.4 Å². The van der Waals surface area contributed by atoms with Gasteiger partial charge in [-0.1, -0.05) is 5.21 Å². The maximum atomic E-state index is 16.0. The predicted molar refractivity (Wildman–Crippen MR) is 155 cm³/mol. The van der Waals surface area contributed by atoms with E-state index in [0.717, 1.165) is 4.68 Å². The van der Waals surface area contributed by atoms with E-state index < -0.39 is 81.4 Å². The summed E-state index contributed by atoms with van der Waals surface area (Å²) in [5, 5.41) is 7.56. The zero-order chi connectivity index (χ0) is 31.8. The van der Waals surface area contributed by atoms with Crippen molar-refractivity contribution in [3.05, 3.63) is 28.9 Å². The summed E-state index contributed by atoms with van der Waals surface area (Å²) in [4.78, 5) is 48.7. The second-order valence-corrected chi connectivity index (χ2v) is 15.7. The molecular weight excluding hydrogens is 688 g/mol. The van der Waals surface area contributed by atoms with E-state index in [1.165, 1.54) is 23.2 Å². The number of nitrogens with zero attached hydrogens (tertiary/aromatic N) is 7. The van der Waals surface area contributed by atoms with Gasteiger partial charge in [-0.3, -0.25) is 23.4 Å². The van der Waals surface area contributed by atoms with E-state index in [1.807, 2.05) is 0 Å². The van der Waals surface area contributed by atoms with Crippen molar-refractivity contribution in [1.29, 1.82) is 0 Å². The number of hydrogen-bond acceptors (Lipinski definition) is 16. The van der Waals surface area contributed by atoms with Gasteiger partial charge in [0.05, 0.1) is 25.2 Å². The Morgan fingerprint density at radius 1 is 0.956 bits per heavy atom. The molecule has 0 aromatic carbocycles. The van der Waals surface area contributed by atoms with Crippen LogP contribution in [0.5, 0.6) is 0 Å². The van der Waals surface area contributed by atoms with Crippen LogP contribution in [0.1, 0.15) is 12.5 Å². The van der Waals surface area contributed by atoms with Gasteiger partial charge in [0.15, 0.2) is 41.6 Å². The normalized spacial score (nSPS) is 37.7. The van der Waals surface area contributed by atoms with Crippen LogP contribution in [-0.4, -0.2) is 99.3 Å². The van der Waals surface area contributed by atoms with Gasteiger partial charge >= 0.3 is 13.4 Å². The molecule has 3 fully saturated rings. The predicted octanol–water partition coefficient (Wildman–Crippen LogP) is -0.154. The van der Waals surface area contributed by atoms with Crippen LogP contribution in [0, 0.1) is 0 Å². The minimum absolute atomic E-state index is 0.195. The molecule has 4 aromatic rings. The minimum Gasteiger partial charge on any atom is -0.397 e. The van der Waals surface area contributed by atoms with Crippen molar-refractivity contribution < 1.29 is 46.1 Å². The average Bonchev–Trinajstić information content (AvgIpc) is 3.72. The van der Waals surface area contributed by atoms with E-state index in [2.05, 4.69) is 30.2 Å². The van der Waals surface area contributed by atoms with Crippen LogP contribution in [0.4, 0.5) is 20.4 Å². The second-order valence-electron chi connectivity index (χ2n) is 10.1. The summed E-state index contributed by atoms with van der Waals surface area (Å²) >= 11 is 10.3. The van der Waals surface area contributed by atoms with E-state index in [-0.39, 0.29) is 34.0 Å². The molecule has 2 unspecified atom stereocenters. The number of aromatic nitrogens is 8. The number of pyridine rings is 1. The van der Waals surface area contributed by atoms with E-state index >= 15 is 8.78 Å². The van der Waals surface area contributed by atoms with Gasteiger partial charge in [-0.15, -0.1) is 5.10 Å². The van der Waals surface area contributed by atoms with Crippen molar-refractivity contribution in [3.8, 4) is 0 Å². The molecule has 0 aliphatic carbocycles. The quantitative estimate of drug-likeness (QED) is 0.169. The summed E-state index contributed by atoms with van der Waals surface area (Å²) in [5.41, 5.74) is 11.2. The number of rotatable bonds is 2. The first-order chi connectivity index (χ1) is 21.3. The Morgan fingerprint density at radius 2 is 1.64 bits per heavy atom. The standard InChI is InChI=1S/C20H22F2N10O9P2S2/c21-9-7-3-36-42(34,44)40-13-8(39-18(10(13)22)31-5-26-11-6(23)1-2-25-15(11)31)4-37-43(35,45)41-14(9)19(38-7)32-16-12(29-30-32)17(33)28-20(24)27-16/h1-2,5,7-10,13-14,18-19H,3-4H2,(H2,23,25)(H,34,44)(H,35,45)(H3,24,27,28,33)/t7-,8-,9+,10+,13-,14-,18-,19-,42?,43?/m1/s1. The molecule has 2 bridgehead atoms. The SMILES string of the molecule is Nc1nc2c(nnn2[C@@H]2O[C@@H]3COP(O)(=S)O[C@H]4[C@H](F)[C@H](n5cnc6c(N)ccnc65)O[C@@H]4COP(O)(=S)O[C@@H]2[C@H]3F)c(=O)[nH]1. The first-order valence-electron chi connectivity index (χ1n) is 12.9. The lowest BCUT2D eigenvalue weighted by Gasteiger charge is -2.27. The molecule has 242 valence electrons. The first kappa shape index (κ1) is 31.0. The first-order valence-corrected chi connectivity index (χ1v) is 18.1. The van der Waals surface area contributed by atoms with Crippen molar-refractivity contribution >= 4 is 71.0 Å². The summed E-state index contributed by atoms with van der Waals surface area (Å²) in [6.45, 7) is -10.1. The number of nitrogens with one attached hydrogen (secondary N) is 1. The third-order valence-electron chi connectivity index (χ3n) is 7.21. The Morgan fingerprint density at radius 3 is 2.40 bits per heavy atom. The summed E-state index contributed by atoms with van der Waals surface area (Å²) in [5.74, 6) is -0.294. The van der Waals surface area contributed by atoms with E-state index in [0.29, 0.717) is 0 Å². The fraction of sp³-hybridized carbons (Fsp3) is 0.500. The molecule has 3 saturated heterocycles. The van der Waals surface area contributed by atoms with Gasteiger partial charge in [0.1, 0.15) is 29.9 Å². The van der Waals surface area contributed by atoms with Crippen LogP contribution in [-0.2, 0) is 51.2 Å². The molecule has 3 aliphatic heterocycles. The smallest absolute Gasteiger partial charge is 0.325 e. The molecule has 0 saturated carbocycles. The highest BCUT2D eigenvalue weighted by Gasteiger charge is 2.54. The van der Waals surface area contributed by atoms with Crippen molar-refractivity contribution in [2.24, 2.45) is 0 Å². The zero-order valence-corrected chi connectivity index (χ0v) is 25.7. The van der Waals surface area contributed by atoms with E-state index in [1.54, 1.807) is 0 Å². The van der Waals surface area contributed by atoms with Gasteiger partial charge in [0.25, 0.3) is 5.56 Å². The minimum atomic E-state index is -4.37. The van der Waals surface area contributed by atoms with Gasteiger partial charge < -0.3 is 39.8 Å². The number of alkyl halides is 2. The molecule has 7 rings (SSSR count). The third-order valence-corrected chi connectivity index (χ3v) is 10.3. The highest BCUT2D eigenvalue weighted by molar-refractivity contribution is 8.07.